The Hall–Kier alpha value is -1.59. The number of rotatable bonds is 3. The molecule has 21 heavy (non-hydrogen) atoms. The van der Waals surface area contributed by atoms with Crippen LogP contribution in [0.3, 0.4) is 0 Å². The second-order valence-electron chi connectivity index (χ2n) is 6.16. The van der Waals surface area contributed by atoms with Gasteiger partial charge in [-0.05, 0) is 25.7 Å². The number of hydrogen-bond acceptors (Lipinski definition) is 3. The Kier molecular flexibility index (Phi) is 5.20. The van der Waals surface area contributed by atoms with Crippen LogP contribution in [-0.4, -0.2) is 46.9 Å². The van der Waals surface area contributed by atoms with Gasteiger partial charge in [0.15, 0.2) is 0 Å². The van der Waals surface area contributed by atoms with Gasteiger partial charge in [-0.1, -0.05) is 12.8 Å². The Morgan fingerprint density at radius 2 is 1.71 bits per heavy atom. The van der Waals surface area contributed by atoms with Crippen LogP contribution in [0.1, 0.15) is 45.4 Å². The fourth-order valence-corrected chi connectivity index (χ4v) is 3.54. The van der Waals surface area contributed by atoms with E-state index in [0.717, 1.165) is 25.7 Å². The van der Waals surface area contributed by atoms with E-state index in [-0.39, 0.29) is 17.9 Å². The van der Waals surface area contributed by atoms with E-state index in [2.05, 4.69) is 5.32 Å². The lowest BCUT2D eigenvalue weighted by Gasteiger charge is -2.37. The Labute approximate surface area is 124 Å². The predicted molar refractivity (Wildman–Crippen MR) is 76.5 cm³/mol. The van der Waals surface area contributed by atoms with Gasteiger partial charge in [0.1, 0.15) is 0 Å². The fraction of sp³-hybridized carbons (Fsp3) is 0.800. The number of aliphatic carboxylic acids is 1. The normalized spacial score (nSPS) is 29.8. The minimum atomic E-state index is -0.858. The minimum Gasteiger partial charge on any atom is -0.481 e. The molecule has 0 aromatic heterocycles. The van der Waals surface area contributed by atoms with Gasteiger partial charge in [-0.3, -0.25) is 14.4 Å². The summed E-state index contributed by atoms with van der Waals surface area (Å²) in [5, 5.41) is 12.2. The Bertz CT molecular complexity index is 424. The molecule has 3 atom stereocenters. The topological polar surface area (TPSA) is 86.7 Å². The van der Waals surface area contributed by atoms with Gasteiger partial charge >= 0.3 is 5.97 Å². The number of piperidine rings is 1. The molecule has 1 saturated heterocycles. The molecular weight excluding hydrogens is 272 g/mol. The van der Waals surface area contributed by atoms with Crippen LogP contribution in [0, 0.1) is 11.8 Å². The average Bonchev–Trinajstić information content (AvgIpc) is 2.46. The third kappa shape index (κ3) is 3.95. The SMILES string of the molecule is CC(=O)NC1CCCN(C(=O)C2CCCCC2C(=O)O)C1. The summed E-state index contributed by atoms with van der Waals surface area (Å²) >= 11 is 0. The van der Waals surface area contributed by atoms with Crippen LogP contribution in [0.2, 0.25) is 0 Å². The molecule has 3 unspecified atom stereocenters. The van der Waals surface area contributed by atoms with Crippen LogP contribution >= 0.6 is 0 Å². The molecule has 0 bridgehead atoms. The largest absolute Gasteiger partial charge is 0.481 e. The van der Waals surface area contributed by atoms with Gasteiger partial charge in [-0.25, -0.2) is 0 Å². The summed E-state index contributed by atoms with van der Waals surface area (Å²) < 4.78 is 0. The minimum absolute atomic E-state index is 0.00734. The van der Waals surface area contributed by atoms with Gasteiger partial charge in [0.25, 0.3) is 0 Å². The van der Waals surface area contributed by atoms with Crippen molar-refractivity contribution in [1.82, 2.24) is 10.2 Å². The standard InChI is InChI=1S/C15H24N2O4/c1-10(18)16-11-5-4-8-17(9-11)14(19)12-6-2-3-7-13(12)15(20)21/h11-13H,2-9H2,1H3,(H,16,18)(H,20,21). The van der Waals surface area contributed by atoms with E-state index < -0.39 is 17.8 Å². The molecule has 1 saturated carbocycles. The number of hydrogen-bond donors (Lipinski definition) is 2. The van der Waals surface area contributed by atoms with Crippen molar-refractivity contribution >= 4 is 17.8 Å². The van der Waals surface area contributed by atoms with E-state index in [1.165, 1.54) is 6.92 Å². The zero-order chi connectivity index (χ0) is 15.4. The lowest BCUT2D eigenvalue weighted by molar-refractivity contribution is -0.153. The maximum Gasteiger partial charge on any atom is 0.307 e. The number of amides is 2. The molecule has 1 heterocycles. The Morgan fingerprint density at radius 1 is 1.05 bits per heavy atom. The number of nitrogens with zero attached hydrogens (tertiary/aromatic N) is 1. The molecule has 1 aliphatic heterocycles. The molecule has 0 radical (unpaired) electrons. The summed E-state index contributed by atoms with van der Waals surface area (Å²) in [6.07, 6.45) is 4.78. The van der Waals surface area contributed by atoms with E-state index in [9.17, 15) is 19.5 Å². The van der Waals surface area contributed by atoms with Crippen molar-refractivity contribution in [3.8, 4) is 0 Å². The van der Waals surface area contributed by atoms with Gasteiger partial charge in [-0.15, -0.1) is 0 Å². The lowest BCUT2D eigenvalue weighted by atomic mass is 9.78. The van der Waals surface area contributed by atoms with E-state index in [1.54, 1.807) is 4.90 Å². The van der Waals surface area contributed by atoms with Crippen molar-refractivity contribution in [3.63, 3.8) is 0 Å². The molecule has 2 rings (SSSR count). The maximum atomic E-state index is 12.6. The number of carbonyl (C=O) groups excluding carboxylic acids is 2. The highest BCUT2D eigenvalue weighted by Crippen LogP contribution is 2.32. The first-order valence-corrected chi connectivity index (χ1v) is 7.77. The second-order valence-corrected chi connectivity index (χ2v) is 6.16. The Balaban J connectivity index is 2.00. The van der Waals surface area contributed by atoms with Crippen molar-refractivity contribution in [2.75, 3.05) is 13.1 Å². The van der Waals surface area contributed by atoms with Gasteiger partial charge in [0.05, 0.1) is 11.8 Å². The van der Waals surface area contributed by atoms with E-state index in [0.29, 0.717) is 25.9 Å². The summed E-state index contributed by atoms with van der Waals surface area (Å²) in [5.41, 5.74) is 0. The first-order valence-electron chi connectivity index (χ1n) is 7.77. The molecule has 2 amide bonds. The summed E-state index contributed by atoms with van der Waals surface area (Å²) in [4.78, 5) is 36.9. The Morgan fingerprint density at radius 3 is 2.33 bits per heavy atom. The van der Waals surface area contributed by atoms with E-state index in [1.807, 2.05) is 0 Å². The highest BCUT2D eigenvalue weighted by molar-refractivity contribution is 5.85. The van der Waals surface area contributed by atoms with Crippen LogP contribution in [0.4, 0.5) is 0 Å². The smallest absolute Gasteiger partial charge is 0.307 e. The molecule has 2 aliphatic rings. The molecule has 118 valence electrons. The lowest BCUT2D eigenvalue weighted by Crippen LogP contribution is -2.52. The van der Waals surface area contributed by atoms with E-state index >= 15 is 0 Å². The van der Waals surface area contributed by atoms with Gasteiger partial charge < -0.3 is 15.3 Å². The van der Waals surface area contributed by atoms with Crippen LogP contribution in [-0.2, 0) is 14.4 Å². The maximum absolute atomic E-state index is 12.6. The molecule has 0 aromatic rings. The molecule has 0 aromatic carbocycles. The quantitative estimate of drug-likeness (QED) is 0.813. The summed E-state index contributed by atoms with van der Waals surface area (Å²) in [5.74, 6) is -1.93. The van der Waals surface area contributed by atoms with Crippen LogP contribution < -0.4 is 5.32 Å². The van der Waals surface area contributed by atoms with Gasteiger partial charge in [0.2, 0.25) is 11.8 Å². The molecule has 6 nitrogen and oxygen atoms in total. The zero-order valence-electron chi connectivity index (χ0n) is 12.5. The van der Waals surface area contributed by atoms with Crippen molar-refractivity contribution in [1.29, 1.82) is 0 Å². The number of carboxylic acid groups (broad SMARTS) is 1. The van der Waals surface area contributed by atoms with Crippen LogP contribution in [0.25, 0.3) is 0 Å². The first kappa shape index (κ1) is 15.8. The third-order valence-electron chi connectivity index (χ3n) is 4.54. The molecule has 2 fully saturated rings. The van der Waals surface area contributed by atoms with Gasteiger partial charge in [0, 0.05) is 26.1 Å². The average molecular weight is 296 g/mol. The number of nitrogens with one attached hydrogen (secondary N) is 1. The number of carboxylic acids is 1. The predicted octanol–water partition coefficient (Wildman–Crippen LogP) is 1.00. The molecule has 0 spiro atoms. The molecule has 2 N–H and O–H groups in total. The van der Waals surface area contributed by atoms with Crippen molar-refractivity contribution in [3.05, 3.63) is 0 Å². The second kappa shape index (κ2) is 6.91. The zero-order valence-corrected chi connectivity index (χ0v) is 12.5. The first-order chi connectivity index (χ1) is 9.99. The van der Waals surface area contributed by atoms with E-state index in [4.69, 9.17) is 0 Å². The number of likely N-dealkylation sites (tertiary alicyclic amines) is 1. The summed E-state index contributed by atoms with van der Waals surface area (Å²) in [7, 11) is 0. The number of carbonyl (C=O) groups is 3. The molecule has 6 heteroatoms. The van der Waals surface area contributed by atoms with Gasteiger partial charge in [-0.2, -0.15) is 0 Å². The highest BCUT2D eigenvalue weighted by atomic mass is 16.4. The third-order valence-corrected chi connectivity index (χ3v) is 4.54. The van der Waals surface area contributed by atoms with Crippen molar-refractivity contribution < 1.29 is 19.5 Å². The van der Waals surface area contributed by atoms with Crippen molar-refractivity contribution in [2.24, 2.45) is 11.8 Å². The fourth-order valence-electron chi connectivity index (χ4n) is 3.54. The molecular formula is C15H24N2O4. The monoisotopic (exact) mass is 296 g/mol. The van der Waals surface area contributed by atoms with Crippen LogP contribution in [0.5, 0.6) is 0 Å². The molecule has 1 aliphatic carbocycles. The van der Waals surface area contributed by atoms with Crippen molar-refractivity contribution in [2.45, 2.75) is 51.5 Å². The summed E-state index contributed by atoms with van der Waals surface area (Å²) in [6.45, 7) is 2.64. The van der Waals surface area contributed by atoms with Crippen LogP contribution in [0.15, 0.2) is 0 Å². The summed E-state index contributed by atoms with van der Waals surface area (Å²) in [6, 6.07) is -0.00734. The highest BCUT2D eigenvalue weighted by Gasteiger charge is 2.38.